The molecule has 15 heteroatoms. The third-order valence-electron chi connectivity index (χ3n) is 3.93. The first-order valence-corrected chi connectivity index (χ1v) is 7.66. The highest BCUT2D eigenvalue weighted by atomic mass is 16.6. The molecule has 0 unspecified atom stereocenters. The molecule has 0 aliphatic heterocycles. The fraction of sp³-hybridized carbons (Fsp3) is 0.0667. The molecule has 0 aliphatic carbocycles. The zero-order valence-corrected chi connectivity index (χ0v) is 14.8. The second-order valence-corrected chi connectivity index (χ2v) is 5.70. The van der Waals surface area contributed by atoms with Crippen LogP contribution in [0, 0.1) is 57.5 Å². The SMILES string of the molecule is Cc1c([N+](=O)[O-])cc(/C=C(\c2ccc([N+](=O)[O-])cc2[N+](=O)[O-])[N+](=O)[O-])cc1[N+](=O)[O-]. The van der Waals surface area contributed by atoms with Crippen molar-refractivity contribution in [2.45, 2.75) is 6.92 Å². The van der Waals surface area contributed by atoms with Crippen LogP contribution in [0.2, 0.25) is 0 Å². The molecule has 0 heterocycles. The highest BCUT2D eigenvalue weighted by molar-refractivity contribution is 5.82. The minimum Gasteiger partial charge on any atom is -0.258 e. The van der Waals surface area contributed by atoms with Crippen LogP contribution in [0.25, 0.3) is 11.8 Å². The van der Waals surface area contributed by atoms with Crippen molar-refractivity contribution in [2.24, 2.45) is 0 Å². The summed E-state index contributed by atoms with van der Waals surface area (Å²) in [5, 5.41) is 55.9. The van der Waals surface area contributed by atoms with Gasteiger partial charge in [0.1, 0.15) is 11.1 Å². The Hall–Kier alpha value is -4.82. The van der Waals surface area contributed by atoms with E-state index >= 15 is 0 Å². The van der Waals surface area contributed by atoms with E-state index in [1.807, 2.05) is 0 Å². The van der Waals surface area contributed by atoms with Crippen molar-refractivity contribution in [3.05, 3.63) is 97.6 Å². The van der Waals surface area contributed by atoms with Gasteiger partial charge in [-0.3, -0.25) is 50.6 Å². The maximum atomic E-state index is 11.5. The van der Waals surface area contributed by atoms with Crippen LogP contribution >= 0.6 is 0 Å². The zero-order chi connectivity index (χ0) is 22.7. The molecule has 0 radical (unpaired) electrons. The van der Waals surface area contributed by atoms with Crippen LogP contribution < -0.4 is 0 Å². The lowest BCUT2D eigenvalue weighted by Crippen LogP contribution is -2.04. The van der Waals surface area contributed by atoms with Crippen LogP contribution in [0.15, 0.2) is 30.3 Å². The van der Waals surface area contributed by atoms with Crippen molar-refractivity contribution in [3.8, 4) is 0 Å². The van der Waals surface area contributed by atoms with Crippen molar-refractivity contribution in [3.63, 3.8) is 0 Å². The Kier molecular flexibility index (Phi) is 5.76. The van der Waals surface area contributed by atoms with Crippen molar-refractivity contribution in [1.29, 1.82) is 0 Å². The van der Waals surface area contributed by atoms with E-state index in [0.717, 1.165) is 31.2 Å². The van der Waals surface area contributed by atoms with Gasteiger partial charge in [-0.2, -0.15) is 0 Å². The van der Waals surface area contributed by atoms with Crippen LogP contribution in [0.4, 0.5) is 22.7 Å². The molecule has 0 fully saturated rings. The van der Waals surface area contributed by atoms with Crippen LogP contribution in [-0.4, -0.2) is 24.6 Å². The number of hydrogen-bond acceptors (Lipinski definition) is 10. The summed E-state index contributed by atoms with van der Waals surface area (Å²) < 4.78 is 0. The molecule has 0 aliphatic rings. The van der Waals surface area contributed by atoms with E-state index < -0.39 is 58.6 Å². The summed E-state index contributed by atoms with van der Waals surface area (Å²) in [6, 6.07) is 3.78. The van der Waals surface area contributed by atoms with Crippen molar-refractivity contribution >= 4 is 34.5 Å². The molecule has 0 bridgehead atoms. The molecule has 15 nitrogen and oxygen atoms in total. The van der Waals surface area contributed by atoms with Gasteiger partial charge in [0.25, 0.3) is 28.4 Å². The molecule has 2 aromatic carbocycles. The van der Waals surface area contributed by atoms with E-state index in [0.29, 0.717) is 12.1 Å². The van der Waals surface area contributed by atoms with Crippen molar-refractivity contribution < 1.29 is 24.6 Å². The van der Waals surface area contributed by atoms with E-state index in [2.05, 4.69) is 0 Å². The van der Waals surface area contributed by atoms with Gasteiger partial charge in [0.05, 0.1) is 30.7 Å². The maximum absolute atomic E-state index is 11.5. The predicted molar refractivity (Wildman–Crippen MR) is 99.1 cm³/mol. The van der Waals surface area contributed by atoms with Crippen LogP contribution in [0.1, 0.15) is 16.7 Å². The Bertz CT molecular complexity index is 1120. The lowest BCUT2D eigenvalue weighted by molar-refractivity contribution is -0.397. The van der Waals surface area contributed by atoms with Gasteiger partial charge in [0.2, 0.25) is 0 Å². The summed E-state index contributed by atoms with van der Waals surface area (Å²) in [6.45, 7) is 1.12. The van der Waals surface area contributed by atoms with Gasteiger partial charge in [0, 0.05) is 24.3 Å². The predicted octanol–water partition coefficient (Wildman–Crippen LogP) is 3.40. The summed E-state index contributed by atoms with van der Waals surface area (Å²) >= 11 is 0. The molecule has 30 heavy (non-hydrogen) atoms. The standard InChI is InChI=1S/C15H9N5O10/c1-8-12(17(23)24)4-9(5-13(8)18(25)26)6-14(19(27)28)11-3-2-10(16(21)22)7-15(11)20(29)30/h2-7H,1H3/b14-6+. The molecule has 0 saturated carbocycles. The molecule has 2 aromatic rings. The summed E-state index contributed by atoms with van der Waals surface area (Å²) in [5.41, 5.74) is -5.19. The van der Waals surface area contributed by atoms with E-state index in [9.17, 15) is 50.6 Å². The average molecular weight is 419 g/mol. The number of benzene rings is 2. The molecule has 0 aromatic heterocycles. The molecular formula is C15H9N5O10. The Morgan fingerprint density at radius 3 is 1.63 bits per heavy atom. The number of rotatable bonds is 7. The zero-order valence-electron chi connectivity index (χ0n) is 14.8. The smallest absolute Gasteiger partial charge is 0.258 e. The fourth-order valence-corrected chi connectivity index (χ4v) is 2.56. The first-order chi connectivity index (χ1) is 13.9. The molecule has 0 saturated heterocycles. The number of hydrogen-bond donors (Lipinski definition) is 0. The molecule has 0 spiro atoms. The van der Waals surface area contributed by atoms with Gasteiger partial charge >= 0.3 is 0 Å². The highest BCUT2D eigenvalue weighted by Gasteiger charge is 2.29. The number of non-ortho nitro benzene ring substituents is 1. The summed E-state index contributed by atoms with van der Waals surface area (Å²) in [4.78, 5) is 51.0. The Morgan fingerprint density at radius 2 is 1.23 bits per heavy atom. The van der Waals surface area contributed by atoms with Gasteiger partial charge in [-0.25, -0.2) is 0 Å². The van der Waals surface area contributed by atoms with Gasteiger partial charge in [-0.1, -0.05) is 0 Å². The topological polar surface area (TPSA) is 216 Å². The molecule has 154 valence electrons. The van der Waals surface area contributed by atoms with Gasteiger partial charge in [-0.05, 0) is 18.6 Å². The summed E-state index contributed by atoms with van der Waals surface area (Å²) in [5.74, 6) is 0. The maximum Gasteiger partial charge on any atom is 0.290 e. The fourth-order valence-electron chi connectivity index (χ4n) is 2.56. The normalized spacial score (nSPS) is 11.0. The third-order valence-corrected chi connectivity index (χ3v) is 3.93. The molecule has 2 rings (SSSR count). The average Bonchev–Trinajstić information content (AvgIpc) is 2.65. The monoisotopic (exact) mass is 419 g/mol. The van der Waals surface area contributed by atoms with Crippen LogP contribution in [0.5, 0.6) is 0 Å². The molecule has 0 amide bonds. The number of nitrogens with zero attached hydrogens (tertiary/aromatic N) is 5. The van der Waals surface area contributed by atoms with Crippen LogP contribution in [-0.2, 0) is 0 Å². The van der Waals surface area contributed by atoms with Gasteiger partial charge in [-0.15, -0.1) is 0 Å². The van der Waals surface area contributed by atoms with Crippen LogP contribution in [0.3, 0.4) is 0 Å². The number of nitro groups is 5. The quantitative estimate of drug-likeness (QED) is 0.362. The third kappa shape index (κ3) is 4.19. The van der Waals surface area contributed by atoms with E-state index in [1.54, 1.807) is 0 Å². The van der Waals surface area contributed by atoms with Gasteiger partial charge < -0.3 is 0 Å². The second kappa shape index (κ2) is 8.05. The minimum atomic E-state index is -1.07. The lowest BCUT2D eigenvalue weighted by atomic mass is 10.0. The second-order valence-electron chi connectivity index (χ2n) is 5.70. The Morgan fingerprint density at radius 1 is 0.733 bits per heavy atom. The summed E-state index contributed by atoms with van der Waals surface area (Å²) in [6.07, 6.45) is 0.674. The lowest BCUT2D eigenvalue weighted by Gasteiger charge is -2.04. The Labute approximate surface area is 164 Å². The van der Waals surface area contributed by atoms with E-state index in [-0.39, 0.29) is 11.1 Å². The van der Waals surface area contributed by atoms with E-state index in [4.69, 9.17) is 0 Å². The highest BCUT2D eigenvalue weighted by Crippen LogP contribution is 2.34. The molecular weight excluding hydrogens is 410 g/mol. The first kappa shape index (κ1) is 21.5. The first-order valence-electron chi connectivity index (χ1n) is 7.66. The number of nitro benzene ring substituents is 4. The van der Waals surface area contributed by atoms with E-state index in [1.165, 1.54) is 0 Å². The minimum absolute atomic E-state index is 0.286. The molecule has 0 N–H and O–H groups in total. The van der Waals surface area contributed by atoms with Crippen molar-refractivity contribution in [2.75, 3.05) is 0 Å². The summed E-state index contributed by atoms with van der Waals surface area (Å²) in [7, 11) is 0. The largest absolute Gasteiger partial charge is 0.290 e. The molecule has 0 atom stereocenters. The van der Waals surface area contributed by atoms with Crippen molar-refractivity contribution in [1.82, 2.24) is 0 Å². The Balaban J connectivity index is 2.81. The van der Waals surface area contributed by atoms with Gasteiger partial charge in [0.15, 0.2) is 0 Å².